The highest BCUT2D eigenvalue weighted by Crippen LogP contribution is 2.43. The fraction of sp³-hybridized carbons (Fsp3) is 0.692. The second-order valence-electron chi connectivity index (χ2n) is 20.9. The molecule has 2 aromatic rings. The molecule has 8 atom stereocenters. The van der Waals surface area contributed by atoms with Gasteiger partial charge >= 0.3 is 12.2 Å². The molecule has 0 spiro atoms. The minimum absolute atomic E-state index is 0.223. The third-order valence-corrected chi connectivity index (χ3v) is 13.5. The third kappa shape index (κ3) is 11.8. The van der Waals surface area contributed by atoms with Crippen molar-refractivity contribution in [3.05, 3.63) is 47.5 Å². The molecule has 18 nitrogen and oxygen atoms in total. The minimum atomic E-state index is -0.969. The number of amides is 4. The van der Waals surface area contributed by atoms with E-state index in [-0.39, 0.29) is 11.8 Å². The molecule has 0 aromatic heterocycles. The fourth-order valence-corrected chi connectivity index (χ4v) is 10.3. The highest BCUT2D eigenvalue weighted by molar-refractivity contribution is 6.06. The average molecular weight is 979 g/mol. The molecule has 6 heterocycles. The number of nitrogens with zero attached hydrogens (tertiary/aromatic N) is 4. The van der Waals surface area contributed by atoms with Crippen LogP contribution in [0.15, 0.2) is 36.4 Å². The van der Waals surface area contributed by atoms with Crippen molar-refractivity contribution < 1.29 is 66.5 Å². The zero-order valence-corrected chi connectivity index (χ0v) is 42.3. The first-order chi connectivity index (χ1) is 33.5. The number of fused-ring (bicyclic) bond motifs is 4. The van der Waals surface area contributed by atoms with Crippen LogP contribution in [0.4, 0.5) is 21.0 Å². The number of carbonyl (C=O) groups is 4. The van der Waals surface area contributed by atoms with Gasteiger partial charge in [-0.3, -0.25) is 9.59 Å². The lowest BCUT2D eigenvalue weighted by atomic mass is 10.1. The van der Waals surface area contributed by atoms with E-state index in [9.17, 15) is 19.2 Å². The lowest BCUT2D eigenvalue weighted by Gasteiger charge is -2.40. The van der Waals surface area contributed by atoms with E-state index in [1.54, 1.807) is 102 Å². The minimum Gasteiger partial charge on any atom is -0.497 e. The van der Waals surface area contributed by atoms with E-state index < -0.39 is 72.7 Å². The van der Waals surface area contributed by atoms with Gasteiger partial charge in [-0.05, 0) is 130 Å². The van der Waals surface area contributed by atoms with Crippen molar-refractivity contribution in [2.24, 2.45) is 0 Å². The summed E-state index contributed by atoms with van der Waals surface area (Å²) in [4.78, 5) is 63.9. The molecule has 8 rings (SSSR count). The number of ether oxygens (including phenoxy) is 10. The van der Waals surface area contributed by atoms with Crippen LogP contribution in [0.2, 0.25) is 0 Å². The van der Waals surface area contributed by atoms with Gasteiger partial charge in [-0.1, -0.05) is 12.8 Å². The van der Waals surface area contributed by atoms with Crippen molar-refractivity contribution in [1.82, 2.24) is 9.80 Å². The summed E-state index contributed by atoms with van der Waals surface area (Å²) in [5, 5.41) is 0. The van der Waals surface area contributed by atoms with Crippen molar-refractivity contribution in [2.45, 2.75) is 179 Å². The summed E-state index contributed by atoms with van der Waals surface area (Å²) in [5.74, 6) is 0.522. The summed E-state index contributed by atoms with van der Waals surface area (Å²) in [5.41, 5.74) is -0.272. The summed E-state index contributed by atoms with van der Waals surface area (Å²) in [6.07, 6.45) is 4.01. The van der Waals surface area contributed by atoms with Crippen LogP contribution in [-0.2, 0) is 37.9 Å². The summed E-state index contributed by atoms with van der Waals surface area (Å²) >= 11 is 0. The van der Waals surface area contributed by atoms with Crippen molar-refractivity contribution in [2.75, 3.05) is 63.5 Å². The van der Waals surface area contributed by atoms with Gasteiger partial charge in [-0.25, -0.2) is 19.4 Å². The van der Waals surface area contributed by atoms with Gasteiger partial charge in [0.2, 0.25) is 0 Å². The molecule has 18 heteroatoms. The molecule has 4 fully saturated rings. The van der Waals surface area contributed by atoms with E-state index in [2.05, 4.69) is 0 Å². The number of methoxy groups -OCH3 is 2. The monoisotopic (exact) mass is 979 g/mol. The van der Waals surface area contributed by atoms with Crippen LogP contribution in [0.25, 0.3) is 0 Å². The SMILES string of the molecule is COc1ccc2c(c1)N(C(=O)OC(C)(C)C)[C@@H](OC1CCCCO1)[C@@H]1C(OCCCCCCOC3CCN4C(=O)c5ccc(OC)cc5N(C(=O)OC(C)(C)C)[C@@H](OC5CCCCO5)[C@H]34)CCN1C2=O. The number of anilines is 2. The first kappa shape index (κ1) is 51.6. The third-order valence-electron chi connectivity index (χ3n) is 13.5. The average Bonchev–Trinajstić information content (AvgIpc) is 3.90. The molecule has 386 valence electrons. The van der Waals surface area contributed by atoms with Crippen molar-refractivity contribution in [1.29, 1.82) is 0 Å². The molecule has 0 N–H and O–H groups in total. The lowest BCUT2D eigenvalue weighted by Crippen LogP contribution is -2.58. The Morgan fingerprint density at radius 3 is 1.36 bits per heavy atom. The highest BCUT2D eigenvalue weighted by atomic mass is 16.7. The molecule has 0 radical (unpaired) electrons. The first-order valence-corrected chi connectivity index (χ1v) is 25.3. The maximum Gasteiger partial charge on any atom is 0.417 e. The van der Waals surface area contributed by atoms with Gasteiger partial charge in [-0.2, -0.15) is 0 Å². The standard InChI is InChI=1S/C52H74N4O14/c1-51(2,3)69-49(59)55-37-31-33(61-7)19-21-35(37)45(57)53-25-23-39(43(53)47(55)67-41-17-11-15-29-65-41)63-27-13-9-10-14-28-64-40-24-26-54-44(40)48(68-42-18-12-16-30-66-42)56(50(60)70-52(4,5)6)38-32-34(62-8)20-22-36(38)46(54)58/h19-22,31-32,39-44,47-48H,9-18,23-30H2,1-8H3/t39?,40?,41?,42?,43-,44-,47-,48-/m0/s1. The van der Waals surface area contributed by atoms with E-state index in [4.69, 9.17) is 47.4 Å². The summed E-state index contributed by atoms with van der Waals surface area (Å²) in [6.45, 7) is 13.6. The van der Waals surface area contributed by atoms with Crippen molar-refractivity contribution >= 4 is 35.4 Å². The zero-order chi connectivity index (χ0) is 49.7. The number of hydrogen-bond donors (Lipinski definition) is 0. The van der Waals surface area contributed by atoms with Crippen LogP contribution in [0.5, 0.6) is 11.5 Å². The first-order valence-electron chi connectivity index (χ1n) is 25.3. The van der Waals surface area contributed by atoms with Crippen molar-refractivity contribution in [3.63, 3.8) is 0 Å². The number of rotatable bonds is 15. The second-order valence-corrected chi connectivity index (χ2v) is 20.9. The number of hydrogen-bond acceptors (Lipinski definition) is 14. The predicted octanol–water partition coefficient (Wildman–Crippen LogP) is 8.41. The predicted molar refractivity (Wildman–Crippen MR) is 257 cm³/mol. The van der Waals surface area contributed by atoms with E-state index in [0.29, 0.717) is 99.2 Å². The fourth-order valence-electron chi connectivity index (χ4n) is 10.3. The topological polar surface area (TPSA) is 174 Å². The molecule has 6 aliphatic rings. The van der Waals surface area contributed by atoms with Crippen LogP contribution >= 0.6 is 0 Å². The van der Waals surface area contributed by atoms with E-state index >= 15 is 0 Å². The molecular weight excluding hydrogens is 905 g/mol. The van der Waals surface area contributed by atoms with Crippen LogP contribution in [-0.4, -0.2) is 148 Å². The van der Waals surface area contributed by atoms with Crippen LogP contribution < -0.4 is 19.3 Å². The van der Waals surface area contributed by atoms with Crippen LogP contribution in [0, 0.1) is 0 Å². The number of unbranched alkanes of at least 4 members (excludes halogenated alkanes) is 3. The summed E-state index contributed by atoms with van der Waals surface area (Å²) < 4.78 is 62.1. The van der Waals surface area contributed by atoms with Gasteiger partial charge in [0.1, 0.15) is 34.8 Å². The Morgan fingerprint density at radius 1 is 0.586 bits per heavy atom. The van der Waals surface area contributed by atoms with Crippen LogP contribution in [0.1, 0.15) is 139 Å². The van der Waals surface area contributed by atoms with Gasteiger partial charge in [0.25, 0.3) is 11.8 Å². The molecule has 4 unspecified atom stereocenters. The molecule has 0 bridgehead atoms. The Bertz CT molecular complexity index is 2000. The quantitative estimate of drug-likeness (QED) is 0.156. The number of carbonyl (C=O) groups excluding carboxylic acids is 4. The molecule has 2 aromatic carbocycles. The molecule has 0 saturated carbocycles. The van der Waals surface area contributed by atoms with Crippen LogP contribution in [0.3, 0.4) is 0 Å². The Labute approximate surface area is 412 Å². The molecule has 4 amide bonds. The van der Waals surface area contributed by atoms with Gasteiger partial charge in [0.15, 0.2) is 25.0 Å². The summed E-state index contributed by atoms with van der Waals surface area (Å²) in [6, 6.07) is 8.90. The maximum absolute atomic E-state index is 14.4. The normalized spacial score (nSPS) is 27.0. The molecule has 70 heavy (non-hydrogen) atoms. The van der Waals surface area contributed by atoms with Gasteiger partial charge in [0.05, 0.1) is 48.9 Å². The molecular formula is C52H74N4O14. The zero-order valence-electron chi connectivity index (χ0n) is 42.3. The Kier molecular flexibility index (Phi) is 16.5. The summed E-state index contributed by atoms with van der Waals surface area (Å²) in [7, 11) is 3.08. The van der Waals surface area contributed by atoms with Gasteiger partial charge in [-0.15, -0.1) is 0 Å². The van der Waals surface area contributed by atoms with Gasteiger partial charge in [0, 0.05) is 51.6 Å². The Hall–Kier alpha value is -4.72. The lowest BCUT2D eigenvalue weighted by molar-refractivity contribution is -0.202. The highest BCUT2D eigenvalue weighted by Gasteiger charge is 2.54. The molecule has 0 aliphatic carbocycles. The van der Waals surface area contributed by atoms with Crippen molar-refractivity contribution in [3.8, 4) is 11.5 Å². The van der Waals surface area contributed by atoms with E-state index in [0.717, 1.165) is 51.4 Å². The largest absolute Gasteiger partial charge is 0.497 e. The van der Waals surface area contributed by atoms with E-state index in [1.165, 1.54) is 9.80 Å². The smallest absolute Gasteiger partial charge is 0.417 e. The molecule has 6 aliphatic heterocycles. The second kappa shape index (κ2) is 22.4. The maximum atomic E-state index is 14.4. The van der Waals surface area contributed by atoms with E-state index in [1.807, 2.05) is 0 Å². The number of benzene rings is 2. The molecule has 4 saturated heterocycles. The van der Waals surface area contributed by atoms with Gasteiger partial charge < -0.3 is 57.2 Å². The Balaban J connectivity index is 0.928. The Morgan fingerprint density at radius 2 is 1.00 bits per heavy atom.